The Morgan fingerprint density at radius 2 is 2.25 bits per heavy atom. The van der Waals surface area contributed by atoms with Gasteiger partial charge in [-0.25, -0.2) is 0 Å². The number of esters is 1. The van der Waals surface area contributed by atoms with E-state index in [0.29, 0.717) is 0 Å². The lowest BCUT2D eigenvalue weighted by Crippen LogP contribution is -2.49. The highest BCUT2D eigenvalue weighted by molar-refractivity contribution is 5.76. The molecule has 4 heteroatoms. The van der Waals surface area contributed by atoms with Crippen molar-refractivity contribution in [1.82, 2.24) is 5.32 Å². The molecule has 2 atom stereocenters. The number of hydrogen-bond donors (Lipinski definition) is 1. The molecule has 0 aromatic carbocycles. The van der Waals surface area contributed by atoms with Gasteiger partial charge in [-0.15, -0.1) is 0 Å². The monoisotopic (exact) mass is 229 g/mol. The second-order valence-electron chi connectivity index (χ2n) is 5.37. The Balaban J connectivity index is 2.46. The lowest BCUT2D eigenvalue weighted by atomic mass is 9.86. The summed E-state index contributed by atoms with van der Waals surface area (Å²) in [6, 6.07) is -0.276. The highest BCUT2D eigenvalue weighted by atomic mass is 16.5. The molecule has 0 aliphatic carbocycles. The number of methoxy groups -OCH3 is 1. The molecule has 1 fully saturated rings. The summed E-state index contributed by atoms with van der Waals surface area (Å²) in [6.45, 7) is 7.63. The second-order valence-corrected chi connectivity index (χ2v) is 5.37. The van der Waals surface area contributed by atoms with Gasteiger partial charge in [-0.05, 0) is 18.3 Å². The summed E-state index contributed by atoms with van der Waals surface area (Å²) in [5.41, 5.74) is -0.147. The zero-order chi connectivity index (χ0) is 12.2. The molecule has 1 N–H and O–H groups in total. The van der Waals surface area contributed by atoms with E-state index in [1.807, 2.05) is 20.8 Å². The first-order valence-corrected chi connectivity index (χ1v) is 5.88. The zero-order valence-electron chi connectivity index (χ0n) is 10.7. The number of nitrogens with one attached hydrogen (secondary N) is 1. The Morgan fingerprint density at radius 3 is 2.69 bits per heavy atom. The van der Waals surface area contributed by atoms with Crippen LogP contribution in [0.1, 0.15) is 33.6 Å². The Labute approximate surface area is 97.7 Å². The van der Waals surface area contributed by atoms with Crippen LogP contribution in [-0.4, -0.2) is 38.4 Å². The van der Waals surface area contributed by atoms with Gasteiger partial charge in [0.1, 0.15) is 6.04 Å². The maximum atomic E-state index is 11.6. The fourth-order valence-electron chi connectivity index (χ4n) is 1.92. The minimum atomic E-state index is -0.276. The Hall–Kier alpha value is -0.610. The van der Waals surface area contributed by atoms with Gasteiger partial charge >= 0.3 is 5.97 Å². The van der Waals surface area contributed by atoms with E-state index >= 15 is 0 Å². The number of ether oxygens (including phenoxy) is 2. The van der Waals surface area contributed by atoms with Crippen molar-refractivity contribution in [2.45, 2.75) is 45.8 Å². The van der Waals surface area contributed by atoms with Gasteiger partial charge in [0.25, 0.3) is 0 Å². The quantitative estimate of drug-likeness (QED) is 0.739. The van der Waals surface area contributed by atoms with Crippen LogP contribution in [-0.2, 0) is 14.3 Å². The average molecular weight is 229 g/mol. The summed E-state index contributed by atoms with van der Waals surface area (Å²) in [7, 11) is 1.43. The van der Waals surface area contributed by atoms with Crippen molar-refractivity contribution in [3.63, 3.8) is 0 Å². The van der Waals surface area contributed by atoms with Crippen molar-refractivity contribution in [1.29, 1.82) is 0 Å². The second kappa shape index (κ2) is 5.64. The molecule has 0 aromatic heterocycles. The van der Waals surface area contributed by atoms with Crippen LogP contribution in [0.3, 0.4) is 0 Å². The largest absolute Gasteiger partial charge is 0.468 e. The predicted molar refractivity (Wildman–Crippen MR) is 62.2 cm³/mol. The molecular weight excluding hydrogens is 206 g/mol. The number of carbonyl (C=O) groups excluding carboxylic acids is 1. The van der Waals surface area contributed by atoms with Crippen LogP contribution in [0.2, 0.25) is 0 Å². The molecule has 0 radical (unpaired) electrons. The van der Waals surface area contributed by atoms with Gasteiger partial charge in [-0.2, -0.15) is 0 Å². The van der Waals surface area contributed by atoms with Crippen molar-refractivity contribution in [3.05, 3.63) is 0 Å². The molecule has 1 aliphatic heterocycles. The average Bonchev–Trinajstić information content (AvgIpc) is 2.68. The van der Waals surface area contributed by atoms with Gasteiger partial charge in [0.2, 0.25) is 0 Å². The van der Waals surface area contributed by atoms with E-state index in [2.05, 4.69) is 5.32 Å². The van der Waals surface area contributed by atoms with Crippen LogP contribution in [0.15, 0.2) is 0 Å². The minimum absolute atomic E-state index is 0.147. The summed E-state index contributed by atoms with van der Waals surface area (Å²) >= 11 is 0. The third kappa shape index (κ3) is 3.76. The maximum Gasteiger partial charge on any atom is 0.323 e. The minimum Gasteiger partial charge on any atom is -0.468 e. The number of carbonyl (C=O) groups is 1. The first-order valence-electron chi connectivity index (χ1n) is 5.88. The Bertz CT molecular complexity index is 229. The van der Waals surface area contributed by atoms with Crippen molar-refractivity contribution in [2.24, 2.45) is 5.41 Å². The molecular formula is C12H23NO3. The van der Waals surface area contributed by atoms with Gasteiger partial charge in [0.15, 0.2) is 0 Å². The molecule has 16 heavy (non-hydrogen) atoms. The fraction of sp³-hybridized carbons (Fsp3) is 0.917. The van der Waals surface area contributed by atoms with Crippen LogP contribution in [0.4, 0.5) is 0 Å². The summed E-state index contributed by atoms with van der Waals surface area (Å²) in [5, 5.41) is 3.25. The Kier molecular flexibility index (Phi) is 4.74. The summed E-state index contributed by atoms with van der Waals surface area (Å²) in [4.78, 5) is 11.6. The predicted octanol–water partition coefficient (Wildman–Crippen LogP) is 1.34. The highest BCUT2D eigenvalue weighted by Crippen LogP contribution is 2.21. The summed E-state index contributed by atoms with van der Waals surface area (Å²) < 4.78 is 10.3. The number of rotatable bonds is 4. The molecule has 1 rings (SSSR count). The SMILES string of the molecule is COC(=O)C(NCC1CCCO1)C(C)(C)C. The van der Waals surface area contributed by atoms with Gasteiger partial charge in [-0.3, -0.25) is 4.79 Å². The van der Waals surface area contributed by atoms with E-state index in [0.717, 1.165) is 26.0 Å². The van der Waals surface area contributed by atoms with Gasteiger partial charge in [0.05, 0.1) is 13.2 Å². The fourth-order valence-corrected chi connectivity index (χ4v) is 1.92. The van der Waals surface area contributed by atoms with E-state index < -0.39 is 0 Å². The lowest BCUT2D eigenvalue weighted by molar-refractivity contribution is -0.146. The molecule has 4 nitrogen and oxygen atoms in total. The third-order valence-corrected chi connectivity index (χ3v) is 2.88. The van der Waals surface area contributed by atoms with E-state index in [4.69, 9.17) is 9.47 Å². The molecule has 0 aromatic rings. The first kappa shape index (κ1) is 13.5. The topological polar surface area (TPSA) is 47.6 Å². The summed E-state index contributed by atoms with van der Waals surface area (Å²) in [6.07, 6.45) is 2.44. The van der Waals surface area contributed by atoms with Crippen LogP contribution in [0.25, 0.3) is 0 Å². The molecule has 94 valence electrons. The third-order valence-electron chi connectivity index (χ3n) is 2.88. The van der Waals surface area contributed by atoms with Gasteiger partial charge in [0, 0.05) is 13.2 Å². The van der Waals surface area contributed by atoms with E-state index in [1.54, 1.807) is 0 Å². The molecule has 0 saturated carbocycles. The molecule has 0 amide bonds. The van der Waals surface area contributed by atoms with Gasteiger partial charge < -0.3 is 14.8 Å². The van der Waals surface area contributed by atoms with Gasteiger partial charge in [-0.1, -0.05) is 20.8 Å². The molecule has 2 unspecified atom stereocenters. The molecule has 1 saturated heterocycles. The number of hydrogen-bond acceptors (Lipinski definition) is 4. The smallest absolute Gasteiger partial charge is 0.323 e. The van der Waals surface area contributed by atoms with Crippen molar-refractivity contribution in [2.75, 3.05) is 20.3 Å². The molecule has 0 bridgehead atoms. The van der Waals surface area contributed by atoms with Crippen molar-refractivity contribution >= 4 is 5.97 Å². The van der Waals surface area contributed by atoms with Crippen molar-refractivity contribution in [3.8, 4) is 0 Å². The van der Waals surface area contributed by atoms with Crippen LogP contribution in [0.5, 0.6) is 0 Å². The molecule has 1 aliphatic rings. The lowest BCUT2D eigenvalue weighted by Gasteiger charge is -2.30. The standard InChI is InChI=1S/C12H23NO3/c1-12(2,3)10(11(14)15-4)13-8-9-6-5-7-16-9/h9-10,13H,5-8H2,1-4H3. The molecule has 1 heterocycles. The first-order chi connectivity index (χ1) is 7.45. The highest BCUT2D eigenvalue weighted by Gasteiger charge is 2.32. The summed E-state index contributed by atoms with van der Waals surface area (Å²) in [5.74, 6) is -0.203. The van der Waals surface area contributed by atoms with Crippen molar-refractivity contribution < 1.29 is 14.3 Å². The van der Waals surface area contributed by atoms with E-state index in [-0.39, 0.29) is 23.5 Å². The van der Waals surface area contributed by atoms with E-state index in [9.17, 15) is 4.79 Å². The molecule has 0 spiro atoms. The van der Waals surface area contributed by atoms with Crippen LogP contribution < -0.4 is 5.32 Å². The van der Waals surface area contributed by atoms with Crippen LogP contribution >= 0.6 is 0 Å². The zero-order valence-corrected chi connectivity index (χ0v) is 10.7. The van der Waals surface area contributed by atoms with Crippen LogP contribution in [0, 0.1) is 5.41 Å². The normalized spacial score (nSPS) is 23.1. The van der Waals surface area contributed by atoms with E-state index in [1.165, 1.54) is 7.11 Å². The Morgan fingerprint density at radius 1 is 1.56 bits per heavy atom. The maximum absolute atomic E-state index is 11.6.